The minimum absolute atomic E-state index is 0.224. The van der Waals surface area contributed by atoms with Crippen molar-refractivity contribution >= 4 is 23.5 Å². The third-order valence-corrected chi connectivity index (χ3v) is 4.33. The highest BCUT2D eigenvalue weighted by molar-refractivity contribution is 7.11. The summed E-state index contributed by atoms with van der Waals surface area (Å²) in [4.78, 5) is 13.2. The second-order valence-electron chi connectivity index (χ2n) is 5.50. The normalized spacial score (nSPS) is 11.1. The van der Waals surface area contributed by atoms with Gasteiger partial charge in [0.15, 0.2) is 0 Å². The van der Waals surface area contributed by atoms with Crippen molar-refractivity contribution in [1.82, 2.24) is 15.2 Å². The van der Waals surface area contributed by atoms with Crippen LogP contribution in [-0.2, 0) is 6.54 Å². The Hall–Kier alpha value is -2.73. The first-order valence-electron chi connectivity index (χ1n) is 7.59. The van der Waals surface area contributed by atoms with Crippen molar-refractivity contribution in [1.29, 1.82) is 0 Å². The van der Waals surface area contributed by atoms with E-state index in [9.17, 15) is 4.79 Å². The van der Waals surface area contributed by atoms with Crippen molar-refractivity contribution in [3.8, 4) is 0 Å². The van der Waals surface area contributed by atoms with Crippen LogP contribution in [0.4, 0.5) is 0 Å². The highest BCUT2D eigenvalue weighted by Crippen LogP contribution is 2.10. The van der Waals surface area contributed by atoms with Gasteiger partial charge in [0.2, 0.25) is 0 Å². The number of nitrogens with one attached hydrogen (secondary N) is 1. The smallest absolute Gasteiger partial charge is 0.267 e. The molecular weight excluding hydrogens is 320 g/mol. The van der Waals surface area contributed by atoms with Gasteiger partial charge in [-0.3, -0.25) is 9.48 Å². The molecule has 1 aromatic carbocycles. The molecule has 0 aliphatic carbocycles. The molecule has 5 nitrogen and oxygen atoms in total. The molecule has 0 spiro atoms. The van der Waals surface area contributed by atoms with Crippen molar-refractivity contribution in [3.63, 3.8) is 0 Å². The molecule has 2 aromatic heterocycles. The molecular formula is C18H18N4OS. The molecule has 0 aliphatic rings. The molecule has 0 radical (unpaired) electrons. The number of aromatic nitrogens is 2. The number of nitrogens with zero attached hydrogens (tertiary/aromatic N) is 3. The largest absolute Gasteiger partial charge is 0.271 e. The number of hydrogen-bond donors (Lipinski definition) is 1. The Bertz CT molecular complexity index is 865. The minimum Gasteiger partial charge on any atom is -0.267 e. The number of benzene rings is 1. The molecule has 0 unspecified atom stereocenters. The summed E-state index contributed by atoms with van der Waals surface area (Å²) in [6.45, 7) is 4.63. The molecule has 0 bridgehead atoms. The van der Waals surface area contributed by atoms with E-state index in [0.29, 0.717) is 12.1 Å². The fraction of sp³-hybridized carbons (Fsp3) is 0.167. The van der Waals surface area contributed by atoms with Gasteiger partial charge in [-0.05, 0) is 49.1 Å². The van der Waals surface area contributed by atoms with Crippen molar-refractivity contribution in [2.24, 2.45) is 5.10 Å². The van der Waals surface area contributed by atoms with E-state index in [0.717, 1.165) is 21.8 Å². The Balaban J connectivity index is 1.68. The standard InChI is InChI=1S/C18H18N4OS/c1-13-9-14(2)22(21-13)12-15-5-3-6-16(10-15)18(23)20-19-11-17-7-4-8-24-17/h3-11H,12H2,1-2H3,(H,20,23)/b19-11+. The van der Waals surface area contributed by atoms with Crippen molar-refractivity contribution in [3.05, 3.63) is 75.2 Å². The van der Waals surface area contributed by atoms with Crippen LogP contribution in [0.5, 0.6) is 0 Å². The van der Waals surface area contributed by atoms with Crippen LogP contribution < -0.4 is 5.43 Å². The Morgan fingerprint density at radius 1 is 1.29 bits per heavy atom. The van der Waals surface area contributed by atoms with Gasteiger partial charge in [0.05, 0.1) is 18.5 Å². The number of rotatable bonds is 5. The van der Waals surface area contributed by atoms with Gasteiger partial charge in [-0.1, -0.05) is 18.2 Å². The molecule has 3 rings (SSSR count). The summed E-state index contributed by atoms with van der Waals surface area (Å²) in [6, 6.07) is 13.4. The van der Waals surface area contributed by atoms with Crippen LogP contribution in [0.15, 0.2) is 52.9 Å². The van der Waals surface area contributed by atoms with Crippen LogP contribution in [0.1, 0.15) is 32.2 Å². The fourth-order valence-corrected chi connectivity index (χ4v) is 2.99. The number of hydrazone groups is 1. The predicted octanol–water partition coefficient (Wildman–Crippen LogP) is 3.37. The van der Waals surface area contributed by atoms with Gasteiger partial charge >= 0.3 is 0 Å². The maximum Gasteiger partial charge on any atom is 0.271 e. The minimum atomic E-state index is -0.224. The van der Waals surface area contributed by atoms with Crippen LogP contribution in [0.3, 0.4) is 0 Å². The lowest BCUT2D eigenvalue weighted by Crippen LogP contribution is -2.18. The summed E-state index contributed by atoms with van der Waals surface area (Å²) in [5, 5.41) is 10.4. The SMILES string of the molecule is Cc1cc(C)n(Cc2cccc(C(=O)N/N=C/c3cccs3)c2)n1. The molecule has 0 saturated carbocycles. The lowest BCUT2D eigenvalue weighted by Gasteiger charge is -2.06. The van der Waals surface area contributed by atoms with Crippen LogP contribution >= 0.6 is 11.3 Å². The van der Waals surface area contributed by atoms with Crippen LogP contribution in [-0.4, -0.2) is 21.9 Å². The average Bonchev–Trinajstić information content (AvgIpc) is 3.18. The summed E-state index contributed by atoms with van der Waals surface area (Å²) >= 11 is 1.57. The molecule has 3 aromatic rings. The maximum atomic E-state index is 12.2. The second-order valence-corrected chi connectivity index (χ2v) is 6.48. The number of amides is 1. The highest BCUT2D eigenvalue weighted by atomic mass is 32.1. The van der Waals surface area contributed by atoms with E-state index in [-0.39, 0.29) is 5.91 Å². The number of thiophene rings is 1. The van der Waals surface area contributed by atoms with Crippen LogP contribution in [0.25, 0.3) is 0 Å². The monoisotopic (exact) mass is 338 g/mol. The van der Waals surface area contributed by atoms with Crippen molar-refractivity contribution < 1.29 is 4.79 Å². The number of carbonyl (C=O) groups is 1. The Morgan fingerprint density at radius 2 is 2.17 bits per heavy atom. The fourth-order valence-electron chi connectivity index (χ4n) is 2.40. The molecule has 0 aliphatic heterocycles. The van der Waals surface area contributed by atoms with E-state index < -0.39 is 0 Å². The zero-order valence-electron chi connectivity index (χ0n) is 13.6. The zero-order valence-corrected chi connectivity index (χ0v) is 14.4. The molecule has 122 valence electrons. The summed E-state index contributed by atoms with van der Waals surface area (Å²) in [7, 11) is 0. The van der Waals surface area contributed by atoms with E-state index >= 15 is 0 Å². The quantitative estimate of drug-likeness (QED) is 0.573. The molecule has 6 heteroatoms. The van der Waals surface area contributed by atoms with Gasteiger partial charge in [0.25, 0.3) is 5.91 Å². The first-order valence-corrected chi connectivity index (χ1v) is 8.47. The number of carbonyl (C=O) groups excluding carboxylic acids is 1. The van der Waals surface area contributed by atoms with Crippen molar-refractivity contribution in [2.45, 2.75) is 20.4 Å². The molecule has 1 N–H and O–H groups in total. The molecule has 0 fully saturated rings. The maximum absolute atomic E-state index is 12.2. The Morgan fingerprint density at radius 3 is 2.88 bits per heavy atom. The molecule has 1 amide bonds. The van der Waals surface area contributed by atoms with Gasteiger partial charge in [0, 0.05) is 16.1 Å². The van der Waals surface area contributed by atoms with E-state index in [2.05, 4.69) is 15.6 Å². The Kier molecular flexibility index (Phi) is 4.86. The van der Waals surface area contributed by atoms with Gasteiger partial charge in [-0.15, -0.1) is 11.3 Å². The number of aryl methyl sites for hydroxylation is 2. The molecule has 0 atom stereocenters. The topological polar surface area (TPSA) is 59.3 Å². The van der Waals surface area contributed by atoms with Crippen LogP contribution in [0.2, 0.25) is 0 Å². The average molecular weight is 338 g/mol. The summed E-state index contributed by atoms with van der Waals surface area (Å²) < 4.78 is 1.93. The van der Waals surface area contributed by atoms with E-state index in [1.807, 2.05) is 60.3 Å². The third-order valence-electron chi connectivity index (χ3n) is 3.53. The molecule has 24 heavy (non-hydrogen) atoms. The summed E-state index contributed by atoms with van der Waals surface area (Å²) in [5.41, 5.74) is 6.25. The van der Waals surface area contributed by atoms with E-state index in [1.165, 1.54) is 0 Å². The Labute approximate surface area is 144 Å². The summed E-state index contributed by atoms with van der Waals surface area (Å²) in [5.74, 6) is -0.224. The van der Waals surface area contributed by atoms with Gasteiger partial charge < -0.3 is 0 Å². The zero-order chi connectivity index (χ0) is 16.9. The number of hydrogen-bond acceptors (Lipinski definition) is 4. The van der Waals surface area contributed by atoms with E-state index in [4.69, 9.17) is 0 Å². The third kappa shape index (κ3) is 3.97. The summed E-state index contributed by atoms with van der Waals surface area (Å²) in [6.07, 6.45) is 1.64. The lowest BCUT2D eigenvalue weighted by atomic mass is 10.1. The first kappa shape index (κ1) is 16.1. The second kappa shape index (κ2) is 7.23. The molecule has 0 saturated heterocycles. The van der Waals surface area contributed by atoms with E-state index in [1.54, 1.807) is 23.6 Å². The highest BCUT2D eigenvalue weighted by Gasteiger charge is 2.07. The van der Waals surface area contributed by atoms with Gasteiger partial charge in [-0.25, -0.2) is 5.43 Å². The van der Waals surface area contributed by atoms with Gasteiger partial charge in [0.1, 0.15) is 0 Å². The molecule has 2 heterocycles. The first-order chi connectivity index (χ1) is 11.6. The van der Waals surface area contributed by atoms with Gasteiger partial charge in [-0.2, -0.15) is 10.2 Å². The van der Waals surface area contributed by atoms with Crippen molar-refractivity contribution in [2.75, 3.05) is 0 Å². The predicted molar refractivity (Wildman–Crippen MR) is 96.6 cm³/mol. The lowest BCUT2D eigenvalue weighted by molar-refractivity contribution is 0.0955. The van der Waals surface area contributed by atoms with Crippen LogP contribution in [0, 0.1) is 13.8 Å².